The summed E-state index contributed by atoms with van der Waals surface area (Å²) in [5.74, 6) is -0.0549. The molecule has 0 spiro atoms. The number of carbonyl (C=O) groups is 1. The zero-order valence-electron chi connectivity index (χ0n) is 27.3. The Morgan fingerprint density at radius 2 is 1.83 bits per heavy atom. The predicted molar refractivity (Wildman–Crippen MR) is 187 cm³/mol. The van der Waals surface area contributed by atoms with Crippen molar-refractivity contribution in [2.75, 3.05) is 11.9 Å². The number of para-hydroxylation sites is 1. The summed E-state index contributed by atoms with van der Waals surface area (Å²) in [4.78, 5) is 27.5. The number of anilines is 1. The first-order valence-electron chi connectivity index (χ1n) is 16.6. The maximum absolute atomic E-state index is 12.9. The second-order valence-corrected chi connectivity index (χ2v) is 17.4. The molecule has 5 atom stereocenters. The number of benzene rings is 3. The molecule has 1 saturated heterocycles. The van der Waals surface area contributed by atoms with Gasteiger partial charge in [-0.05, 0) is 73.2 Å². The van der Waals surface area contributed by atoms with Gasteiger partial charge in [0.05, 0.1) is 36.8 Å². The predicted octanol–water partition coefficient (Wildman–Crippen LogP) is 6.06. The number of nitrogens with one attached hydrogen (secondary N) is 2. The molecule has 5 aromatic rings. The summed E-state index contributed by atoms with van der Waals surface area (Å²) in [6.07, 6.45) is 6.42. The van der Waals surface area contributed by atoms with Gasteiger partial charge in [0.2, 0.25) is 5.91 Å². The lowest BCUT2D eigenvalue weighted by Gasteiger charge is -2.30. The maximum Gasteiger partial charge on any atom is 0.228 e. The van der Waals surface area contributed by atoms with E-state index in [1.165, 1.54) is 0 Å². The third kappa shape index (κ3) is 7.73. The Morgan fingerprint density at radius 3 is 2.62 bits per heavy atom. The Hall–Kier alpha value is -4.09. The highest BCUT2D eigenvalue weighted by molar-refractivity contribution is 6.71. The topological polar surface area (TPSA) is 125 Å². The molecule has 4 N–H and O–H groups in total. The van der Waals surface area contributed by atoms with Crippen LogP contribution in [0.4, 0.5) is 5.69 Å². The van der Waals surface area contributed by atoms with Crippen molar-refractivity contribution in [2.45, 2.75) is 75.9 Å². The van der Waals surface area contributed by atoms with Crippen LogP contribution < -0.4 is 5.32 Å². The first-order valence-corrected chi connectivity index (χ1v) is 19.6. The molecule has 1 unspecified atom stereocenters. The van der Waals surface area contributed by atoms with Gasteiger partial charge in [0.15, 0.2) is 8.32 Å². The van der Waals surface area contributed by atoms with E-state index in [4.69, 9.17) is 4.74 Å². The number of aryl methyl sites for hydroxylation is 2. The molecule has 3 heterocycles. The van der Waals surface area contributed by atoms with Crippen LogP contribution in [0.5, 0.6) is 0 Å². The Labute approximate surface area is 277 Å². The molecule has 246 valence electrons. The lowest BCUT2D eigenvalue weighted by molar-refractivity contribution is -0.115. The third-order valence-corrected chi connectivity index (χ3v) is 12.1. The number of rotatable bonds is 13. The van der Waals surface area contributed by atoms with Gasteiger partial charge >= 0.3 is 0 Å². The quantitative estimate of drug-likeness (QED) is 0.115. The number of hydrogen-bond donors (Lipinski definition) is 4. The number of fused-ring (bicyclic) bond motifs is 1. The highest BCUT2D eigenvalue weighted by atomic mass is 28.4. The van der Waals surface area contributed by atoms with Gasteiger partial charge in [-0.2, -0.15) is 0 Å². The molecule has 6 rings (SSSR count). The molecule has 1 fully saturated rings. The van der Waals surface area contributed by atoms with E-state index in [2.05, 4.69) is 33.6 Å². The molecular formula is C37H45N5O4Si. The first-order chi connectivity index (χ1) is 22.7. The Morgan fingerprint density at radius 1 is 1.04 bits per heavy atom. The fourth-order valence-corrected chi connectivity index (χ4v) is 10.0. The summed E-state index contributed by atoms with van der Waals surface area (Å²) in [5.41, 5.74) is 5.77. The van der Waals surface area contributed by atoms with Gasteiger partial charge in [-0.3, -0.25) is 9.48 Å². The number of aromatic amines is 1. The average molecular weight is 652 g/mol. The number of aromatic nitrogens is 4. The van der Waals surface area contributed by atoms with E-state index in [9.17, 15) is 14.7 Å². The van der Waals surface area contributed by atoms with Crippen molar-refractivity contribution in [3.05, 3.63) is 114 Å². The number of amides is 1. The number of hydrogen-bond acceptors (Lipinski definition) is 6. The number of carbonyl (C=O) groups excluding carboxylic acids is 1. The molecule has 2 aromatic heterocycles. The van der Waals surface area contributed by atoms with Crippen molar-refractivity contribution in [3.63, 3.8) is 0 Å². The minimum absolute atomic E-state index is 0.0206. The van der Waals surface area contributed by atoms with E-state index in [0.717, 1.165) is 58.2 Å². The number of H-pyrrole nitrogens is 1. The van der Waals surface area contributed by atoms with Crippen LogP contribution in [0, 0.1) is 5.92 Å². The van der Waals surface area contributed by atoms with Gasteiger partial charge in [-0.1, -0.05) is 72.8 Å². The van der Waals surface area contributed by atoms with E-state index in [-0.39, 0.29) is 42.1 Å². The monoisotopic (exact) mass is 651 g/mol. The molecule has 0 radical (unpaired) electrons. The van der Waals surface area contributed by atoms with Crippen molar-refractivity contribution in [1.29, 1.82) is 0 Å². The summed E-state index contributed by atoms with van der Waals surface area (Å²) in [6, 6.07) is 25.9. The third-order valence-electron chi connectivity index (χ3n) is 9.61. The number of nitrogens with zero attached hydrogens (tertiary/aromatic N) is 3. The van der Waals surface area contributed by atoms with Crippen LogP contribution in [0.2, 0.25) is 18.6 Å². The second-order valence-electron chi connectivity index (χ2n) is 13.4. The molecule has 1 aliphatic heterocycles. The van der Waals surface area contributed by atoms with Crippen LogP contribution in [0.25, 0.3) is 10.9 Å². The summed E-state index contributed by atoms with van der Waals surface area (Å²) >= 11 is 0. The Balaban J connectivity index is 1.05. The van der Waals surface area contributed by atoms with Gasteiger partial charge in [0.25, 0.3) is 0 Å². The fraction of sp³-hybridized carbons (Fsp3) is 0.378. The second kappa shape index (κ2) is 14.3. The summed E-state index contributed by atoms with van der Waals surface area (Å²) in [5, 5.41) is 22.9. The lowest BCUT2D eigenvalue weighted by Crippen LogP contribution is -2.40. The van der Waals surface area contributed by atoms with Crippen LogP contribution in [-0.4, -0.2) is 62.9 Å². The summed E-state index contributed by atoms with van der Waals surface area (Å²) in [6.45, 7) is 6.80. The minimum Gasteiger partial charge on any atom is -0.432 e. The zero-order valence-corrected chi connectivity index (χ0v) is 28.3. The SMILES string of the molecule is C[C@@H]1[C@@H]([Si](C)(C)O)[C@H](CCn2cc(C(CO)c3ccccc3)nn2)O[C@@H]1CCc1cccc(NC(=O)Cc2c[nH]c3ccccc23)c1. The number of aliphatic hydroxyl groups is 1. The summed E-state index contributed by atoms with van der Waals surface area (Å²) < 4.78 is 8.51. The van der Waals surface area contributed by atoms with Crippen LogP contribution >= 0.6 is 0 Å². The van der Waals surface area contributed by atoms with E-state index < -0.39 is 8.32 Å². The van der Waals surface area contributed by atoms with E-state index in [1.54, 1.807) is 0 Å². The van der Waals surface area contributed by atoms with Crippen LogP contribution in [-0.2, 0) is 28.9 Å². The standard InChI is InChI=1S/C37H45N5O4Si/c1-25-34(17-16-26-10-9-13-29(20-26)39-36(44)21-28-22-38-32-15-8-7-14-30(28)32)46-35(37(25)47(2,3)45)18-19-42-23-33(40-41-42)31(24-43)27-11-5-4-6-12-27/h4-15,20,22-23,25,31,34-35,37-38,43,45H,16-19,21,24H2,1-3H3,(H,39,44)/t25-,31?,34+,35-,37+/m0/s1. The molecule has 0 saturated carbocycles. The molecular weight excluding hydrogens is 607 g/mol. The van der Waals surface area contributed by atoms with Crippen molar-refractivity contribution in [1.82, 2.24) is 20.0 Å². The van der Waals surface area contributed by atoms with Crippen LogP contribution in [0.1, 0.15) is 48.1 Å². The molecule has 9 nitrogen and oxygen atoms in total. The average Bonchev–Trinajstić information content (AvgIpc) is 3.77. The van der Waals surface area contributed by atoms with E-state index >= 15 is 0 Å². The molecule has 47 heavy (non-hydrogen) atoms. The highest BCUT2D eigenvalue weighted by Gasteiger charge is 2.49. The van der Waals surface area contributed by atoms with Crippen molar-refractivity contribution in [2.24, 2.45) is 5.92 Å². The Kier molecular flexibility index (Phi) is 10.0. The molecule has 1 amide bonds. The van der Waals surface area contributed by atoms with Crippen molar-refractivity contribution in [3.8, 4) is 0 Å². The van der Waals surface area contributed by atoms with Crippen LogP contribution in [0.3, 0.4) is 0 Å². The summed E-state index contributed by atoms with van der Waals surface area (Å²) in [7, 11) is -2.53. The Bertz CT molecular complexity index is 1780. The highest BCUT2D eigenvalue weighted by Crippen LogP contribution is 2.45. The smallest absolute Gasteiger partial charge is 0.228 e. The number of ether oxygens (including phenoxy) is 1. The molecule has 1 aliphatic rings. The van der Waals surface area contributed by atoms with Crippen LogP contribution in [0.15, 0.2) is 91.3 Å². The van der Waals surface area contributed by atoms with Gasteiger partial charge in [0.1, 0.15) is 0 Å². The van der Waals surface area contributed by atoms with Gasteiger partial charge < -0.3 is 24.9 Å². The molecule has 3 aromatic carbocycles. The molecule has 10 heteroatoms. The normalized spacial score (nSPS) is 20.4. The maximum atomic E-state index is 12.9. The van der Waals surface area contributed by atoms with Crippen molar-refractivity contribution >= 4 is 30.8 Å². The molecule has 0 aliphatic carbocycles. The van der Waals surface area contributed by atoms with Gasteiger partial charge in [-0.25, -0.2) is 0 Å². The van der Waals surface area contributed by atoms with Gasteiger partial charge in [0, 0.05) is 41.1 Å². The first kappa shape index (κ1) is 32.8. The largest absolute Gasteiger partial charge is 0.432 e. The van der Waals surface area contributed by atoms with Crippen molar-refractivity contribution < 1.29 is 19.4 Å². The fourth-order valence-electron chi connectivity index (χ4n) is 7.35. The zero-order chi connectivity index (χ0) is 33.0. The number of aliphatic hydroxyl groups excluding tert-OH is 1. The lowest BCUT2D eigenvalue weighted by atomic mass is 9.95. The van der Waals surface area contributed by atoms with E-state index in [0.29, 0.717) is 13.0 Å². The molecule has 0 bridgehead atoms. The minimum atomic E-state index is -2.53. The van der Waals surface area contributed by atoms with Gasteiger partial charge in [-0.15, -0.1) is 5.10 Å². The van der Waals surface area contributed by atoms with E-state index in [1.807, 2.05) is 103 Å².